The van der Waals surface area contributed by atoms with Crippen LogP contribution in [-0.4, -0.2) is 114 Å². The van der Waals surface area contributed by atoms with Crippen LogP contribution < -0.4 is 9.47 Å². The fraction of sp³-hybridized carbons (Fsp3) is 0.625. The van der Waals surface area contributed by atoms with Crippen LogP contribution >= 0.6 is 0 Å². The number of epoxide rings is 1. The highest BCUT2D eigenvalue weighted by Gasteiger charge is 2.77. The van der Waals surface area contributed by atoms with Gasteiger partial charge < -0.3 is 58.7 Å². The van der Waals surface area contributed by atoms with Crippen molar-refractivity contribution >= 4 is 5.97 Å². The van der Waals surface area contributed by atoms with Crippen molar-refractivity contribution in [3.8, 4) is 11.5 Å². The summed E-state index contributed by atoms with van der Waals surface area (Å²) in [6, 6.07) is 4.61. The molecule has 5 rings (SSSR count). The van der Waals surface area contributed by atoms with E-state index in [4.69, 9.17) is 33.2 Å². The maximum absolute atomic E-state index is 13.0. The lowest BCUT2D eigenvalue weighted by atomic mass is 9.85. The zero-order chi connectivity index (χ0) is 26.5. The summed E-state index contributed by atoms with van der Waals surface area (Å²) in [5, 5.41) is 50.2. The van der Waals surface area contributed by atoms with Crippen LogP contribution in [-0.2, 0) is 23.7 Å². The highest BCUT2D eigenvalue weighted by molar-refractivity contribution is 5.90. The van der Waals surface area contributed by atoms with Crippen LogP contribution in [0.1, 0.15) is 10.4 Å². The standard InChI is InChI=1S/C24H30O13/c1-31-12-4-3-10(7-13(12)32-2)21(30)35-19-11-5-6-33-22(15(11)24(9-26)20(19)37-24)36-23-18(29)17(28)16(27)14(8-25)34-23/h3-7,11,14-20,22-23,25-29H,8-9H2,1-2H3/t11-,14-,15?,16-,17+,18-,19+,20+,22+,23+,24-/m1/s1. The van der Waals surface area contributed by atoms with Crippen molar-refractivity contribution < 1.29 is 63.5 Å². The summed E-state index contributed by atoms with van der Waals surface area (Å²) in [5.41, 5.74) is -0.918. The molecule has 0 radical (unpaired) electrons. The Morgan fingerprint density at radius 2 is 1.78 bits per heavy atom. The molecule has 1 unspecified atom stereocenters. The summed E-state index contributed by atoms with van der Waals surface area (Å²) in [7, 11) is 2.93. The molecule has 1 aromatic carbocycles. The second kappa shape index (κ2) is 10.0. The number of benzene rings is 1. The molecular formula is C24H30O13. The maximum Gasteiger partial charge on any atom is 0.338 e. The Bertz CT molecular complexity index is 1030. The molecule has 1 aromatic rings. The lowest BCUT2D eigenvalue weighted by molar-refractivity contribution is -0.344. The van der Waals surface area contributed by atoms with Gasteiger partial charge in [0.15, 0.2) is 17.8 Å². The normalized spacial score (nSPS) is 41.8. The highest BCUT2D eigenvalue weighted by Crippen LogP contribution is 2.60. The Morgan fingerprint density at radius 1 is 1.03 bits per heavy atom. The molecule has 2 saturated heterocycles. The monoisotopic (exact) mass is 526 g/mol. The summed E-state index contributed by atoms with van der Waals surface area (Å²) in [6.45, 7) is -1.04. The number of rotatable bonds is 8. The fourth-order valence-corrected chi connectivity index (χ4v) is 5.44. The van der Waals surface area contributed by atoms with Gasteiger partial charge >= 0.3 is 5.97 Å². The number of aliphatic hydroxyl groups is 5. The summed E-state index contributed by atoms with van der Waals surface area (Å²) < 4.78 is 39.0. The van der Waals surface area contributed by atoms with E-state index in [1.807, 2.05) is 0 Å². The van der Waals surface area contributed by atoms with Crippen LogP contribution in [0, 0.1) is 11.8 Å². The van der Waals surface area contributed by atoms with Crippen molar-refractivity contribution in [2.45, 2.75) is 54.8 Å². The van der Waals surface area contributed by atoms with Gasteiger partial charge in [0.1, 0.15) is 42.2 Å². The Balaban J connectivity index is 1.34. The Morgan fingerprint density at radius 3 is 2.46 bits per heavy atom. The van der Waals surface area contributed by atoms with Crippen LogP contribution in [0.4, 0.5) is 0 Å². The van der Waals surface area contributed by atoms with Gasteiger partial charge in [-0.3, -0.25) is 0 Å². The first-order chi connectivity index (χ1) is 17.8. The van der Waals surface area contributed by atoms with Gasteiger partial charge in [0.25, 0.3) is 0 Å². The van der Waals surface area contributed by atoms with E-state index in [-0.39, 0.29) is 5.56 Å². The average Bonchev–Trinajstić information content (AvgIpc) is 3.60. The van der Waals surface area contributed by atoms with E-state index >= 15 is 0 Å². The quantitative estimate of drug-likeness (QED) is 0.191. The molecular weight excluding hydrogens is 496 g/mol. The number of hydrogen-bond acceptors (Lipinski definition) is 13. The highest BCUT2D eigenvalue weighted by atomic mass is 16.8. The molecule has 3 fully saturated rings. The van der Waals surface area contributed by atoms with Gasteiger partial charge in [-0.2, -0.15) is 0 Å². The minimum Gasteiger partial charge on any atom is -0.493 e. The molecule has 3 aliphatic heterocycles. The van der Waals surface area contributed by atoms with Gasteiger partial charge in [-0.15, -0.1) is 0 Å². The van der Waals surface area contributed by atoms with Crippen LogP contribution in [0.25, 0.3) is 0 Å². The van der Waals surface area contributed by atoms with Crippen molar-refractivity contribution in [1.29, 1.82) is 0 Å². The van der Waals surface area contributed by atoms with E-state index in [2.05, 4.69) is 0 Å². The molecule has 0 aromatic heterocycles. The molecule has 204 valence electrons. The zero-order valence-electron chi connectivity index (χ0n) is 20.1. The predicted molar refractivity (Wildman–Crippen MR) is 119 cm³/mol. The first kappa shape index (κ1) is 26.1. The second-order valence-corrected chi connectivity index (χ2v) is 9.36. The number of hydrogen-bond donors (Lipinski definition) is 5. The molecule has 0 amide bonds. The SMILES string of the molecule is COc1ccc(C(=O)O[C@H]2[C@@H]3C=CO[C@@H](O[C@@H]4O[C@H](CO)[C@@H](O)[C@H](O)[C@H]4O)C3[C@@]3(CO)O[C@@H]23)cc1OC. The minimum atomic E-state index is -1.65. The predicted octanol–water partition coefficient (Wildman–Crippen LogP) is -1.71. The smallest absolute Gasteiger partial charge is 0.338 e. The van der Waals surface area contributed by atoms with E-state index in [9.17, 15) is 30.3 Å². The summed E-state index contributed by atoms with van der Waals surface area (Å²) in [4.78, 5) is 13.0. The van der Waals surface area contributed by atoms with Crippen molar-refractivity contribution in [1.82, 2.24) is 0 Å². The minimum absolute atomic E-state index is 0.224. The van der Waals surface area contributed by atoms with E-state index in [1.54, 1.807) is 12.1 Å². The summed E-state index contributed by atoms with van der Waals surface area (Å²) >= 11 is 0. The van der Waals surface area contributed by atoms with E-state index in [0.29, 0.717) is 11.5 Å². The largest absolute Gasteiger partial charge is 0.493 e. The number of carbonyl (C=O) groups excluding carboxylic acids is 1. The molecule has 3 heterocycles. The van der Waals surface area contributed by atoms with E-state index in [0.717, 1.165) is 0 Å². The number of aliphatic hydroxyl groups excluding tert-OH is 5. The molecule has 37 heavy (non-hydrogen) atoms. The Hall–Kier alpha value is -2.49. The van der Waals surface area contributed by atoms with Crippen molar-refractivity contribution in [2.75, 3.05) is 27.4 Å². The second-order valence-electron chi connectivity index (χ2n) is 9.36. The first-order valence-electron chi connectivity index (χ1n) is 11.8. The van der Waals surface area contributed by atoms with Crippen LogP contribution in [0.3, 0.4) is 0 Å². The zero-order valence-corrected chi connectivity index (χ0v) is 20.1. The Labute approximate surface area is 211 Å². The Kier molecular flexibility index (Phi) is 7.06. The molecule has 1 saturated carbocycles. The number of esters is 1. The molecule has 13 heteroatoms. The lowest BCUT2D eigenvalue weighted by Gasteiger charge is -2.43. The summed E-state index contributed by atoms with van der Waals surface area (Å²) in [5.74, 6) is -1.00. The third kappa shape index (κ3) is 4.25. The maximum atomic E-state index is 13.0. The third-order valence-electron chi connectivity index (χ3n) is 7.46. The van der Waals surface area contributed by atoms with Gasteiger partial charge in [-0.1, -0.05) is 0 Å². The van der Waals surface area contributed by atoms with Gasteiger partial charge in [0, 0.05) is 5.92 Å². The number of fused-ring (bicyclic) bond motifs is 3. The number of ether oxygens (including phenoxy) is 7. The average molecular weight is 526 g/mol. The fourth-order valence-electron chi connectivity index (χ4n) is 5.44. The molecule has 1 aliphatic carbocycles. The third-order valence-corrected chi connectivity index (χ3v) is 7.46. The number of carbonyl (C=O) groups is 1. The summed E-state index contributed by atoms with van der Waals surface area (Å²) in [6.07, 6.45) is -7.02. The van der Waals surface area contributed by atoms with Gasteiger partial charge in [-0.05, 0) is 24.3 Å². The van der Waals surface area contributed by atoms with Crippen LogP contribution in [0.5, 0.6) is 11.5 Å². The molecule has 0 spiro atoms. The number of methoxy groups -OCH3 is 2. The van der Waals surface area contributed by atoms with Crippen LogP contribution in [0.15, 0.2) is 30.5 Å². The van der Waals surface area contributed by atoms with E-state index in [1.165, 1.54) is 32.6 Å². The van der Waals surface area contributed by atoms with Gasteiger partial charge in [0.2, 0.25) is 6.29 Å². The lowest BCUT2D eigenvalue weighted by Crippen LogP contribution is -2.60. The molecule has 11 atom stereocenters. The van der Waals surface area contributed by atoms with Gasteiger partial charge in [0.05, 0.1) is 45.2 Å². The van der Waals surface area contributed by atoms with E-state index < -0.39 is 85.8 Å². The van der Waals surface area contributed by atoms with Gasteiger partial charge in [-0.25, -0.2) is 4.79 Å². The molecule has 4 aliphatic rings. The van der Waals surface area contributed by atoms with Crippen molar-refractivity contribution in [2.24, 2.45) is 11.8 Å². The van der Waals surface area contributed by atoms with Crippen molar-refractivity contribution in [3.63, 3.8) is 0 Å². The molecule has 0 bridgehead atoms. The molecule has 13 nitrogen and oxygen atoms in total. The first-order valence-corrected chi connectivity index (χ1v) is 11.8. The van der Waals surface area contributed by atoms with Crippen molar-refractivity contribution in [3.05, 3.63) is 36.1 Å². The van der Waals surface area contributed by atoms with Crippen LogP contribution in [0.2, 0.25) is 0 Å². The topological polar surface area (TPSA) is 186 Å². The molecule has 5 N–H and O–H groups in total.